The lowest BCUT2D eigenvalue weighted by molar-refractivity contribution is 0.0941. The van der Waals surface area contributed by atoms with Crippen molar-refractivity contribution in [2.75, 3.05) is 0 Å². The van der Waals surface area contributed by atoms with Crippen LogP contribution in [-0.4, -0.2) is 16.9 Å². The summed E-state index contributed by atoms with van der Waals surface area (Å²) in [5, 5.41) is 2.86. The standard InChI is InChI=1S/C13H18N2OS/c1-3-10-4-6-11(7-5-10)13(16)15-9(2)8-12(14)17/h4-7,9H,3,8H2,1-2H3,(H2,14,17)(H,15,16). The lowest BCUT2D eigenvalue weighted by Crippen LogP contribution is -2.35. The second kappa shape index (κ2) is 6.35. The summed E-state index contributed by atoms with van der Waals surface area (Å²) < 4.78 is 0. The second-order valence-corrected chi connectivity index (χ2v) is 4.62. The number of hydrogen-bond acceptors (Lipinski definition) is 2. The summed E-state index contributed by atoms with van der Waals surface area (Å²) in [6, 6.07) is 7.56. The molecule has 17 heavy (non-hydrogen) atoms. The first kappa shape index (κ1) is 13.6. The quantitative estimate of drug-likeness (QED) is 0.786. The fourth-order valence-corrected chi connectivity index (χ4v) is 1.80. The summed E-state index contributed by atoms with van der Waals surface area (Å²) in [5.41, 5.74) is 7.31. The predicted octanol–water partition coefficient (Wildman–Crippen LogP) is 2.04. The van der Waals surface area contributed by atoms with Crippen LogP contribution < -0.4 is 11.1 Å². The largest absolute Gasteiger partial charge is 0.393 e. The van der Waals surface area contributed by atoms with Crippen LogP contribution in [0.15, 0.2) is 24.3 Å². The number of aryl methyl sites for hydroxylation is 1. The van der Waals surface area contributed by atoms with Crippen LogP contribution in [-0.2, 0) is 6.42 Å². The molecule has 4 heteroatoms. The lowest BCUT2D eigenvalue weighted by atomic mass is 10.1. The Morgan fingerprint density at radius 3 is 2.47 bits per heavy atom. The Morgan fingerprint density at radius 2 is 2.00 bits per heavy atom. The van der Waals surface area contributed by atoms with Gasteiger partial charge in [0.15, 0.2) is 0 Å². The molecule has 0 radical (unpaired) electrons. The highest BCUT2D eigenvalue weighted by Gasteiger charge is 2.10. The Hall–Kier alpha value is -1.42. The second-order valence-electron chi connectivity index (χ2n) is 4.10. The highest BCUT2D eigenvalue weighted by Crippen LogP contribution is 2.05. The molecule has 1 amide bonds. The average Bonchev–Trinajstić information content (AvgIpc) is 2.28. The van der Waals surface area contributed by atoms with Gasteiger partial charge in [0.1, 0.15) is 0 Å². The molecule has 0 bridgehead atoms. The van der Waals surface area contributed by atoms with Gasteiger partial charge in [0.2, 0.25) is 0 Å². The molecule has 1 atom stereocenters. The van der Waals surface area contributed by atoms with E-state index in [-0.39, 0.29) is 11.9 Å². The molecule has 3 N–H and O–H groups in total. The number of hydrogen-bond donors (Lipinski definition) is 2. The van der Waals surface area contributed by atoms with Crippen LogP contribution in [0.5, 0.6) is 0 Å². The average molecular weight is 250 g/mol. The number of carbonyl (C=O) groups is 1. The van der Waals surface area contributed by atoms with E-state index in [9.17, 15) is 4.79 Å². The zero-order valence-corrected chi connectivity index (χ0v) is 11.0. The Bertz CT molecular complexity index is 400. The van der Waals surface area contributed by atoms with E-state index in [2.05, 4.69) is 12.2 Å². The van der Waals surface area contributed by atoms with E-state index < -0.39 is 0 Å². The summed E-state index contributed by atoms with van der Waals surface area (Å²) in [6.07, 6.45) is 1.49. The molecule has 0 fully saturated rings. The monoisotopic (exact) mass is 250 g/mol. The third kappa shape index (κ3) is 4.53. The van der Waals surface area contributed by atoms with E-state index in [4.69, 9.17) is 18.0 Å². The third-order valence-corrected chi connectivity index (χ3v) is 2.68. The Balaban J connectivity index is 2.60. The smallest absolute Gasteiger partial charge is 0.251 e. The minimum Gasteiger partial charge on any atom is -0.393 e. The first-order valence-corrected chi connectivity index (χ1v) is 6.12. The zero-order chi connectivity index (χ0) is 12.8. The molecule has 1 aromatic rings. The van der Waals surface area contributed by atoms with Gasteiger partial charge in [-0.2, -0.15) is 0 Å². The van der Waals surface area contributed by atoms with Crippen molar-refractivity contribution in [2.24, 2.45) is 5.73 Å². The first-order chi connectivity index (χ1) is 8.02. The minimum absolute atomic E-state index is 0.0362. The van der Waals surface area contributed by atoms with E-state index in [1.165, 1.54) is 5.56 Å². The molecule has 0 heterocycles. The van der Waals surface area contributed by atoms with Gasteiger partial charge in [-0.3, -0.25) is 4.79 Å². The Labute approximate surface area is 107 Å². The van der Waals surface area contributed by atoms with Gasteiger partial charge in [0.25, 0.3) is 5.91 Å². The highest BCUT2D eigenvalue weighted by molar-refractivity contribution is 7.80. The molecule has 92 valence electrons. The van der Waals surface area contributed by atoms with Crippen molar-refractivity contribution in [1.29, 1.82) is 0 Å². The van der Waals surface area contributed by atoms with Gasteiger partial charge < -0.3 is 11.1 Å². The van der Waals surface area contributed by atoms with Crippen molar-refractivity contribution in [1.82, 2.24) is 5.32 Å². The number of benzene rings is 1. The molecule has 0 saturated carbocycles. The number of thiocarbonyl (C=S) groups is 1. The topological polar surface area (TPSA) is 55.1 Å². The molecule has 0 aliphatic rings. The molecule has 1 unspecified atom stereocenters. The minimum atomic E-state index is -0.0867. The maximum atomic E-state index is 11.8. The van der Waals surface area contributed by atoms with Crippen LogP contribution in [0.1, 0.15) is 36.2 Å². The van der Waals surface area contributed by atoms with Crippen molar-refractivity contribution < 1.29 is 4.79 Å². The summed E-state index contributed by atoms with van der Waals surface area (Å²) in [7, 11) is 0. The van der Waals surface area contributed by atoms with Crippen LogP contribution in [0.25, 0.3) is 0 Å². The van der Waals surface area contributed by atoms with Gasteiger partial charge in [-0.1, -0.05) is 31.3 Å². The van der Waals surface area contributed by atoms with Crippen LogP contribution in [0.2, 0.25) is 0 Å². The van der Waals surface area contributed by atoms with Gasteiger partial charge in [0, 0.05) is 18.0 Å². The van der Waals surface area contributed by atoms with Crippen molar-refractivity contribution >= 4 is 23.1 Å². The lowest BCUT2D eigenvalue weighted by Gasteiger charge is -2.13. The van der Waals surface area contributed by atoms with Crippen LogP contribution in [0, 0.1) is 0 Å². The molecule has 0 aliphatic carbocycles. The zero-order valence-electron chi connectivity index (χ0n) is 10.2. The van der Waals surface area contributed by atoms with E-state index in [0.29, 0.717) is 17.0 Å². The van der Waals surface area contributed by atoms with Crippen molar-refractivity contribution in [3.05, 3.63) is 35.4 Å². The third-order valence-electron chi connectivity index (χ3n) is 2.51. The van der Waals surface area contributed by atoms with Crippen molar-refractivity contribution in [3.8, 4) is 0 Å². The van der Waals surface area contributed by atoms with Crippen LogP contribution in [0.4, 0.5) is 0 Å². The van der Waals surface area contributed by atoms with E-state index in [0.717, 1.165) is 6.42 Å². The summed E-state index contributed by atoms with van der Waals surface area (Å²) >= 11 is 4.80. The summed E-state index contributed by atoms with van der Waals surface area (Å²) in [4.78, 5) is 12.3. The molecule has 1 aromatic carbocycles. The molecule has 3 nitrogen and oxygen atoms in total. The molecule has 0 spiro atoms. The van der Waals surface area contributed by atoms with Gasteiger partial charge in [0.05, 0.1) is 4.99 Å². The number of nitrogens with one attached hydrogen (secondary N) is 1. The van der Waals surface area contributed by atoms with Gasteiger partial charge >= 0.3 is 0 Å². The summed E-state index contributed by atoms with van der Waals surface area (Å²) in [5.74, 6) is -0.0867. The SMILES string of the molecule is CCc1ccc(C(=O)NC(C)CC(N)=S)cc1. The van der Waals surface area contributed by atoms with Crippen LogP contribution >= 0.6 is 12.2 Å². The molecule has 0 aliphatic heterocycles. The van der Waals surface area contributed by atoms with Crippen molar-refractivity contribution in [3.63, 3.8) is 0 Å². The Kier molecular flexibility index (Phi) is 5.10. The van der Waals surface area contributed by atoms with E-state index in [1.807, 2.05) is 31.2 Å². The first-order valence-electron chi connectivity index (χ1n) is 5.71. The van der Waals surface area contributed by atoms with Gasteiger partial charge in [-0.05, 0) is 31.0 Å². The Morgan fingerprint density at radius 1 is 1.41 bits per heavy atom. The molecule has 0 aromatic heterocycles. The molecular weight excluding hydrogens is 232 g/mol. The number of amides is 1. The van der Waals surface area contributed by atoms with Gasteiger partial charge in [-0.15, -0.1) is 0 Å². The number of nitrogens with two attached hydrogens (primary N) is 1. The van der Waals surface area contributed by atoms with Crippen LogP contribution in [0.3, 0.4) is 0 Å². The predicted molar refractivity (Wildman–Crippen MR) is 74.2 cm³/mol. The fraction of sp³-hybridized carbons (Fsp3) is 0.385. The number of rotatable bonds is 5. The summed E-state index contributed by atoms with van der Waals surface area (Å²) in [6.45, 7) is 3.97. The maximum absolute atomic E-state index is 11.8. The van der Waals surface area contributed by atoms with E-state index >= 15 is 0 Å². The highest BCUT2D eigenvalue weighted by atomic mass is 32.1. The fourth-order valence-electron chi connectivity index (χ4n) is 1.55. The van der Waals surface area contributed by atoms with E-state index in [1.54, 1.807) is 0 Å². The maximum Gasteiger partial charge on any atom is 0.251 e. The van der Waals surface area contributed by atoms with Gasteiger partial charge in [-0.25, -0.2) is 0 Å². The van der Waals surface area contributed by atoms with Crippen molar-refractivity contribution in [2.45, 2.75) is 32.7 Å². The molecule has 0 saturated heterocycles. The molecular formula is C13H18N2OS. The normalized spacial score (nSPS) is 11.9. The molecule has 1 rings (SSSR count). The number of carbonyl (C=O) groups excluding carboxylic acids is 1.